The van der Waals surface area contributed by atoms with Crippen LogP contribution in [0.1, 0.15) is 36.6 Å². The summed E-state index contributed by atoms with van der Waals surface area (Å²) in [4.78, 5) is 31.5. The highest BCUT2D eigenvalue weighted by atomic mass is 32.1. The minimum absolute atomic E-state index is 0.248. The number of benzene rings is 3. The zero-order valence-electron chi connectivity index (χ0n) is 23.0. The van der Waals surface area contributed by atoms with Crippen LogP contribution in [0.5, 0.6) is 17.2 Å². The maximum atomic E-state index is 13.8. The molecule has 0 unspecified atom stereocenters. The third kappa shape index (κ3) is 6.10. The number of methoxy groups -OCH3 is 1. The van der Waals surface area contributed by atoms with Gasteiger partial charge in [0.25, 0.3) is 5.56 Å². The Balaban J connectivity index is 1.50. The molecule has 0 bridgehead atoms. The van der Waals surface area contributed by atoms with Crippen LogP contribution in [-0.2, 0) is 16.1 Å². The number of esters is 1. The van der Waals surface area contributed by atoms with E-state index in [1.165, 1.54) is 29.2 Å². The summed E-state index contributed by atoms with van der Waals surface area (Å²) in [6.07, 6.45) is 3.29. The number of thiazole rings is 1. The lowest BCUT2D eigenvalue weighted by Gasteiger charge is -2.23. The SMILES string of the molecule is CCOc1ccc([C@@H]2C(C(=O)OC)=CN=c3s/c(=C\c4ccc(OCc5ccccc5)cc4)c(=O)n32)cc1OCC. The van der Waals surface area contributed by atoms with Gasteiger partial charge >= 0.3 is 5.97 Å². The number of fused-ring (bicyclic) bond motifs is 1. The Morgan fingerprint density at radius 3 is 2.39 bits per heavy atom. The Kier molecular flexibility index (Phi) is 8.64. The number of hydrogen-bond donors (Lipinski definition) is 0. The number of aromatic nitrogens is 1. The molecular formula is C32H30N2O6S. The summed E-state index contributed by atoms with van der Waals surface area (Å²) in [5.74, 6) is 1.29. The van der Waals surface area contributed by atoms with Gasteiger partial charge in [0.2, 0.25) is 0 Å². The van der Waals surface area contributed by atoms with E-state index in [1.807, 2.05) is 80.6 Å². The lowest BCUT2D eigenvalue weighted by Crippen LogP contribution is -2.39. The second-order valence-corrected chi connectivity index (χ2v) is 10.1. The second kappa shape index (κ2) is 12.7. The number of hydrogen-bond acceptors (Lipinski definition) is 8. The summed E-state index contributed by atoms with van der Waals surface area (Å²) in [5, 5.41) is 0. The molecule has 0 spiro atoms. The zero-order valence-corrected chi connectivity index (χ0v) is 23.9. The van der Waals surface area contributed by atoms with Crippen LogP contribution in [0.2, 0.25) is 0 Å². The molecule has 0 aliphatic carbocycles. The standard InChI is InChI=1S/C32H30N2O6S/c1-4-38-26-16-13-23(18-27(26)39-5-2)29-25(31(36)37-3)19-33-32-34(29)30(35)28(41-32)17-21-11-14-24(15-12-21)40-20-22-9-7-6-8-10-22/h6-19,29H,4-5,20H2,1-3H3/b28-17-/t29-/m1/s1. The van der Waals surface area contributed by atoms with Crippen molar-refractivity contribution >= 4 is 23.4 Å². The van der Waals surface area contributed by atoms with Crippen LogP contribution in [0.4, 0.5) is 0 Å². The van der Waals surface area contributed by atoms with Gasteiger partial charge in [-0.05, 0) is 60.9 Å². The van der Waals surface area contributed by atoms with Crippen molar-refractivity contribution in [1.29, 1.82) is 0 Å². The van der Waals surface area contributed by atoms with Gasteiger partial charge in [-0.3, -0.25) is 9.36 Å². The fraction of sp³-hybridized carbons (Fsp3) is 0.219. The molecule has 8 nitrogen and oxygen atoms in total. The van der Waals surface area contributed by atoms with Crippen molar-refractivity contribution in [2.75, 3.05) is 20.3 Å². The summed E-state index contributed by atoms with van der Waals surface area (Å²) in [6.45, 7) is 5.15. The fourth-order valence-electron chi connectivity index (χ4n) is 4.54. The summed E-state index contributed by atoms with van der Waals surface area (Å²) in [5.41, 5.74) is 2.59. The summed E-state index contributed by atoms with van der Waals surface area (Å²) in [7, 11) is 1.31. The van der Waals surface area contributed by atoms with E-state index < -0.39 is 12.0 Å². The highest BCUT2D eigenvalue weighted by Crippen LogP contribution is 2.35. The number of carbonyl (C=O) groups is 1. The van der Waals surface area contributed by atoms with Crippen LogP contribution in [-0.4, -0.2) is 30.9 Å². The maximum Gasteiger partial charge on any atom is 0.337 e. The van der Waals surface area contributed by atoms with Crippen molar-refractivity contribution in [1.82, 2.24) is 4.57 Å². The molecule has 4 aromatic rings. The van der Waals surface area contributed by atoms with Crippen molar-refractivity contribution in [3.63, 3.8) is 0 Å². The molecule has 0 amide bonds. The summed E-state index contributed by atoms with van der Waals surface area (Å²) < 4.78 is 24.5. The molecule has 0 N–H and O–H groups in total. The van der Waals surface area contributed by atoms with E-state index in [-0.39, 0.29) is 11.1 Å². The normalized spacial score (nSPS) is 14.5. The van der Waals surface area contributed by atoms with Crippen LogP contribution in [0.3, 0.4) is 0 Å². The average Bonchev–Trinajstić information content (AvgIpc) is 3.32. The Morgan fingerprint density at radius 2 is 1.68 bits per heavy atom. The van der Waals surface area contributed by atoms with Crippen molar-refractivity contribution in [2.24, 2.45) is 4.99 Å². The highest BCUT2D eigenvalue weighted by Gasteiger charge is 2.31. The van der Waals surface area contributed by atoms with Gasteiger partial charge in [0, 0.05) is 6.20 Å². The molecule has 0 fully saturated rings. The second-order valence-electron chi connectivity index (χ2n) is 9.09. The molecule has 1 aromatic heterocycles. The topological polar surface area (TPSA) is 88.4 Å². The molecule has 210 valence electrons. The third-order valence-corrected chi connectivity index (χ3v) is 7.43. The molecule has 0 radical (unpaired) electrons. The van der Waals surface area contributed by atoms with E-state index in [1.54, 1.807) is 12.1 Å². The summed E-state index contributed by atoms with van der Waals surface area (Å²) in [6, 6.07) is 22.2. The fourth-order valence-corrected chi connectivity index (χ4v) is 5.51. The molecule has 1 aliphatic rings. The van der Waals surface area contributed by atoms with Crippen molar-refractivity contribution in [3.05, 3.63) is 121 Å². The van der Waals surface area contributed by atoms with Crippen molar-refractivity contribution in [2.45, 2.75) is 26.5 Å². The first-order chi connectivity index (χ1) is 20.0. The van der Waals surface area contributed by atoms with Crippen LogP contribution in [0.15, 0.2) is 94.4 Å². The Labute approximate surface area is 241 Å². The van der Waals surface area contributed by atoms with E-state index in [0.29, 0.717) is 46.2 Å². The molecule has 5 rings (SSSR count). The molecule has 41 heavy (non-hydrogen) atoms. The smallest absolute Gasteiger partial charge is 0.337 e. The number of nitrogens with zero attached hydrogens (tertiary/aromatic N) is 2. The number of ether oxygens (including phenoxy) is 4. The largest absolute Gasteiger partial charge is 0.490 e. The molecule has 0 saturated carbocycles. The maximum absolute atomic E-state index is 13.8. The van der Waals surface area contributed by atoms with E-state index in [0.717, 1.165) is 16.9 Å². The predicted molar refractivity (Wildman–Crippen MR) is 157 cm³/mol. The van der Waals surface area contributed by atoms with Gasteiger partial charge in [0.05, 0.1) is 36.5 Å². The minimum Gasteiger partial charge on any atom is -0.490 e. The predicted octanol–water partition coefficient (Wildman–Crippen LogP) is 4.39. The molecular weight excluding hydrogens is 540 g/mol. The monoisotopic (exact) mass is 570 g/mol. The van der Waals surface area contributed by atoms with Gasteiger partial charge in [-0.15, -0.1) is 0 Å². The third-order valence-electron chi connectivity index (χ3n) is 6.43. The first-order valence-corrected chi connectivity index (χ1v) is 14.1. The van der Waals surface area contributed by atoms with E-state index in [4.69, 9.17) is 18.9 Å². The van der Waals surface area contributed by atoms with Crippen LogP contribution in [0, 0.1) is 0 Å². The van der Waals surface area contributed by atoms with E-state index in [9.17, 15) is 9.59 Å². The van der Waals surface area contributed by atoms with Gasteiger partial charge in [0.1, 0.15) is 12.4 Å². The van der Waals surface area contributed by atoms with Crippen LogP contribution < -0.4 is 29.1 Å². The van der Waals surface area contributed by atoms with Gasteiger partial charge in [-0.2, -0.15) is 0 Å². The Morgan fingerprint density at radius 1 is 0.951 bits per heavy atom. The van der Waals surface area contributed by atoms with Crippen LogP contribution >= 0.6 is 11.3 Å². The van der Waals surface area contributed by atoms with Gasteiger partial charge in [-0.1, -0.05) is 59.9 Å². The van der Waals surface area contributed by atoms with Gasteiger partial charge in [-0.25, -0.2) is 9.79 Å². The lowest BCUT2D eigenvalue weighted by atomic mass is 9.97. The van der Waals surface area contributed by atoms with Crippen molar-refractivity contribution < 1.29 is 23.7 Å². The minimum atomic E-state index is -0.746. The molecule has 1 aliphatic heterocycles. The molecule has 0 saturated heterocycles. The van der Waals surface area contributed by atoms with E-state index in [2.05, 4.69) is 4.99 Å². The van der Waals surface area contributed by atoms with Crippen LogP contribution in [0.25, 0.3) is 6.08 Å². The summed E-state index contributed by atoms with van der Waals surface area (Å²) >= 11 is 1.26. The highest BCUT2D eigenvalue weighted by molar-refractivity contribution is 7.07. The quantitative estimate of drug-likeness (QED) is 0.263. The molecule has 2 heterocycles. The molecule has 9 heteroatoms. The number of carbonyl (C=O) groups excluding carboxylic acids is 1. The molecule has 1 atom stereocenters. The first-order valence-electron chi connectivity index (χ1n) is 13.3. The van der Waals surface area contributed by atoms with Gasteiger partial charge in [0.15, 0.2) is 16.3 Å². The molecule has 3 aromatic carbocycles. The number of rotatable bonds is 10. The Bertz CT molecular complexity index is 1740. The lowest BCUT2D eigenvalue weighted by molar-refractivity contribution is -0.136. The average molecular weight is 571 g/mol. The first kappa shape index (κ1) is 27.9. The zero-order chi connectivity index (χ0) is 28.8. The Hall–Kier alpha value is -4.63. The van der Waals surface area contributed by atoms with Crippen molar-refractivity contribution in [3.8, 4) is 17.2 Å². The van der Waals surface area contributed by atoms with Gasteiger partial charge < -0.3 is 18.9 Å². The van der Waals surface area contributed by atoms with E-state index >= 15 is 0 Å².